The maximum absolute atomic E-state index is 5.73. The van der Waals surface area contributed by atoms with E-state index in [2.05, 4.69) is 32.3 Å². The zero-order chi connectivity index (χ0) is 14.4. The Morgan fingerprint density at radius 3 is 2.47 bits per heavy atom. The molecule has 0 fully saturated rings. The lowest BCUT2D eigenvalue weighted by molar-refractivity contribution is 0.149. The van der Waals surface area contributed by atoms with E-state index in [9.17, 15) is 0 Å². The van der Waals surface area contributed by atoms with Gasteiger partial charge < -0.3 is 9.47 Å². The van der Waals surface area contributed by atoms with Crippen LogP contribution in [-0.2, 0) is 4.74 Å². The SMILES string of the molecule is COCC(C)CC(NN)c1c(C)cc(C)cc1OC. The Bertz CT molecular complexity index is 407. The van der Waals surface area contributed by atoms with Crippen LogP contribution in [0.2, 0.25) is 0 Å². The number of nitrogens with one attached hydrogen (secondary N) is 1. The summed E-state index contributed by atoms with van der Waals surface area (Å²) < 4.78 is 10.7. The van der Waals surface area contributed by atoms with E-state index in [4.69, 9.17) is 15.3 Å². The Labute approximate surface area is 116 Å². The van der Waals surface area contributed by atoms with E-state index in [0.29, 0.717) is 5.92 Å². The fraction of sp³-hybridized carbons (Fsp3) is 0.600. The third-order valence-electron chi connectivity index (χ3n) is 3.35. The Morgan fingerprint density at radius 1 is 1.26 bits per heavy atom. The van der Waals surface area contributed by atoms with Gasteiger partial charge in [0.25, 0.3) is 0 Å². The van der Waals surface area contributed by atoms with E-state index in [0.717, 1.165) is 24.3 Å². The summed E-state index contributed by atoms with van der Waals surface area (Å²) in [5.74, 6) is 7.05. The molecule has 0 amide bonds. The topological polar surface area (TPSA) is 56.5 Å². The average Bonchev–Trinajstić information content (AvgIpc) is 2.36. The van der Waals surface area contributed by atoms with Crippen molar-refractivity contribution in [3.63, 3.8) is 0 Å². The van der Waals surface area contributed by atoms with Crippen molar-refractivity contribution >= 4 is 0 Å². The molecule has 0 aliphatic rings. The molecule has 0 radical (unpaired) electrons. The van der Waals surface area contributed by atoms with E-state index in [1.807, 2.05) is 6.07 Å². The minimum atomic E-state index is 0.0701. The first-order valence-corrected chi connectivity index (χ1v) is 6.63. The fourth-order valence-electron chi connectivity index (χ4n) is 2.58. The van der Waals surface area contributed by atoms with E-state index in [1.54, 1.807) is 14.2 Å². The van der Waals surface area contributed by atoms with E-state index < -0.39 is 0 Å². The van der Waals surface area contributed by atoms with Crippen LogP contribution in [0.4, 0.5) is 0 Å². The summed E-state index contributed by atoms with van der Waals surface area (Å²) in [7, 11) is 3.42. The molecular weight excluding hydrogens is 240 g/mol. The molecule has 19 heavy (non-hydrogen) atoms. The third-order valence-corrected chi connectivity index (χ3v) is 3.35. The highest BCUT2D eigenvalue weighted by molar-refractivity contribution is 5.45. The molecule has 3 N–H and O–H groups in total. The number of hydrogen-bond donors (Lipinski definition) is 2. The molecule has 0 aliphatic heterocycles. The van der Waals surface area contributed by atoms with Gasteiger partial charge in [0.15, 0.2) is 0 Å². The van der Waals surface area contributed by atoms with Crippen LogP contribution in [0, 0.1) is 19.8 Å². The number of hydrazine groups is 1. The van der Waals surface area contributed by atoms with Crippen LogP contribution in [-0.4, -0.2) is 20.8 Å². The van der Waals surface area contributed by atoms with E-state index in [-0.39, 0.29) is 6.04 Å². The van der Waals surface area contributed by atoms with Crippen LogP contribution in [0.1, 0.15) is 36.1 Å². The molecule has 108 valence electrons. The van der Waals surface area contributed by atoms with Crippen molar-refractivity contribution in [2.75, 3.05) is 20.8 Å². The molecule has 0 saturated carbocycles. The van der Waals surface area contributed by atoms with Gasteiger partial charge in [0.2, 0.25) is 0 Å². The minimum absolute atomic E-state index is 0.0701. The van der Waals surface area contributed by atoms with Gasteiger partial charge in [-0.25, -0.2) is 0 Å². The lowest BCUT2D eigenvalue weighted by Gasteiger charge is -2.24. The van der Waals surface area contributed by atoms with Gasteiger partial charge in [-0.15, -0.1) is 0 Å². The third kappa shape index (κ3) is 4.20. The molecule has 1 rings (SSSR count). The van der Waals surface area contributed by atoms with Crippen LogP contribution < -0.4 is 16.0 Å². The molecule has 0 aliphatic carbocycles. The lowest BCUT2D eigenvalue weighted by Crippen LogP contribution is -2.31. The Balaban J connectivity index is 3.03. The van der Waals surface area contributed by atoms with Gasteiger partial charge >= 0.3 is 0 Å². The molecule has 0 spiro atoms. The second-order valence-electron chi connectivity index (χ2n) is 5.21. The first-order chi connectivity index (χ1) is 9.03. The van der Waals surface area contributed by atoms with Gasteiger partial charge in [0, 0.05) is 19.3 Å². The number of benzene rings is 1. The van der Waals surface area contributed by atoms with Crippen molar-refractivity contribution in [3.05, 3.63) is 28.8 Å². The van der Waals surface area contributed by atoms with Crippen LogP contribution in [0.15, 0.2) is 12.1 Å². The number of ether oxygens (including phenoxy) is 2. The smallest absolute Gasteiger partial charge is 0.124 e. The Hall–Kier alpha value is -1.10. The summed E-state index contributed by atoms with van der Waals surface area (Å²) >= 11 is 0. The van der Waals surface area contributed by atoms with Crippen LogP contribution in [0.3, 0.4) is 0 Å². The van der Waals surface area contributed by atoms with Crippen molar-refractivity contribution < 1.29 is 9.47 Å². The highest BCUT2D eigenvalue weighted by atomic mass is 16.5. The lowest BCUT2D eigenvalue weighted by atomic mass is 9.92. The zero-order valence-corrected chi connectivity index (χ0v) is 12.6. The van der Waals surface area contributed by atoms with Crippen LogP contribution >= 0.6 is 0 Å². The number of nitrogens with two attached hydrogens (primary N) is 1. The number of methoxy groups -OCH3 is 2. The largest absolute Gasteiger partial charge is 0.496 e. The second-order valence-corrected chi connectivity index (χ2v) is 5.21. The first-order valence-electron chi connectivity index (χ1n) is 6.63. The minimum Gasteiger partial charge on any atom is -0.496 e. The number of aryl methyl sites for hydroxylation is 2. The maximum atomic E-state index is 5.73. The molecule has 0 saturated heterocycles. The highest BCUT2D eigenvalue weighted by Crippen LogP contribution is 2.33. The number of rotatable bonds is 7. The standard InChI is InChI=1S/C15H26N2O2/c1-10-6-12(3)15(14(8-10)19-5)13(17-16)7-11(2)9-18-4/h6,8,11,13,17H,7,9,16H2,1-5H3. The summed E-state index contributed by atoms with van der Waals surface area (Å²) in [4.78, 5) is 0. The molecule has 2 unspecified atom stereocenters. The van der Waals surface area contributed by atoms with Crippen molar-refractivity contribution in [1.82, 2.24) is 5.43 Å². The van der Waals surface area contributed by atoms with Crippen LogP contribution in [0.5, 0.6) is 5.75 Å². The van der Waals surface area contributed by atoms with Gasteiger partial charge in [0.05, 0.1) is 13.2 Å². The number of hydrogen-bond acceptors (Lipinski definition) is 4. The van der Waals surface area contributed by atoms with Crippen molar-refractivity contribution in [2.45, 2.75) is 33.2 Å². The monoisotopic (exact) mass is 266 g/mol. The summed E-state index contributed by atoms with van der Waals surface area (Å²) in [6.45, 7) is 7.04. The second kappa shape index (κ2) is 7.48. The first kappa shape index (κ1) is 16.0. The summed E-state index contributed by atoms with van der Waals surface area (Å²) in [6, 6.07) is 4.28. The average molecular weight is 266 g/mol. The molecular formula is C15H26N2O2. The van der Waals surface area contributed by atoms with Crippen molar-refractivity contribution in [3.8, 4) is 5.75 Å². The fourth-order valence-corrected chi connectivity index (χ4v) is 2.58. The quantitative estimate of drug-likeness (QED) is 0.588. The van der Waals surface area contributed by atoms with Crippen molar-refractivity contribution in [1.29, 1.82) is 0 Å². The van der Waals surface area contributed by atoms with Gasteiger partial charge in [-0.2, -0.15) is 0 Å². The molecule has 4 nitrogen and oxygen atoms in total. The van der Waals surface area contributed by atoms with Gasteiger partial charge in [-0.3, -0.25) is 11.3 Å². The molecule has 2 atom stereocenters. The van der Waals surface area contributed by atoms with Gasteiger partial charge in [-0.1, -0.05) is 13.0 Å². The Morgan fingerprint density at radius 2 is 1.95 bits per heavy atom. The van der Waals surface area contributed by atoms with E-state index in [1.165, 1.54) is 11.1 Å². The molecule has 1 aromatic carbocycles. The normalized spacial score (nSPS) is 14.2. The van der Waals surface area contributed by atoms with Crippen molar-refractivity contribution in [2.24, 2.45) is 11.8 Å². The molecule has 1 aromatic rings. The maximum Gasteiger partial charge on any atom is 0.124 e. The highest BCUT2D eigenvalue weighted by Gasteiger charge is 2.20. The Kier molecular flexibility index (Phi) is 6.28. The predicted molar refractivity (Wildman–Crippen MR) is 78.2 cm³/mol. The molecule has 0 bridgehead atoms. The molecule has 0 heterocycles. The zero-order valence-electron chi connectivity index (χ0n) is 12.6. The summed E-state index contributed by atoms with van der Waals surface area (Å²) in [5, 5.41) is 0. The molecule has 0 aromatic heterocycles. The van der Waals surface area contributed by atoms with Gasteiger partial charge in [0.1, 0.15) is 5.75 Å². The summed E-state index contributed by atoms with van der Waals surface area (Å²) in [6.07, 6.45) is 0.907. The molecule has 4 heteroatoms. The van der Waals surface area contributed by atoms with Crippen LogP contribution in [0.25, 0.3) is 0 Å². The predicted octanol–water partition coefficient (Wildman–Crippen LogP) is 2.49. The summed E-state index contributed by atoms with van der Waals surface area (Å²) in [5.41, 5.74) is 6.44. The van der Waals surface area contributed by atoms with Gasteiger partial charge in [-0.05, 0) is 43.4 Å². The van der Waals surface area contributed by atoms with E-state index >= 15 is 0 Å².